The lowest BCUT2D eigenvalue weighted by atomic mass is 10.1. The van der Waals surface area contributed by atoms with Crippen LogP contribution in [0.3, 0.4) is 0 Å². The molecule has 2 aromatic heterocycles. The van der Waals surface area contributed by atoms with E-state index in [1.54, 1.807) is 31.5 Å². The van der Waals surface area contributed by atoms with Crippen LogP contribution < -0.4 is 10.1 Å². The lowest BCUT2D eigenvalue weighted by Crippen LogP contribution is -2.22. The number of ether oxygens (including phenoxy) is 1. The molecule has 2 heterocycles. The standard InChI is InChI=1S/C21H17N3O3/c1-26-16-6-4-5-14(11-16)13-23-20(25)15-8-9-17-19(12-15)27-21(24-17)18-7-2-3-10-22-18/h2-12H,13H2,1H3,(H,23,25). The van der Waals surface area contributed by atoms with E-state index in [4.69, 9.17) is 9.15 Å². The quantitative estimate of drug-likeness (QED) is 0.586. The van der Waals surface area contributed by atoms with Crippen LogP contribution in [-0.4, -0.2) is 23.0 Å². The van der Waals surface area contributed by atoms with Crippen molar-refractivity contribution in [3.05, 3.63) is 78.0 Å². The first kappa shape index (κ1) is 16.8. The maximum Gasteiger partial charge on any atom is 0.251 e. The van der Waals surface area contributed by atoms with Crippen molar-refractivity contribution >= 4 is 17.0 Å². The van der Waals surface area contributed by atoms with Gasteiger partial charge in [-0.05, 0) is 48.0 Å². The number of nitrogens with zero attached hydrogens (tertiary/aromatic N) is 2. The molecule has 0 aliphatic rings. The molecule has 0 fully saturated rings. The Morgan fingerprint density at radius 2 is 2.04 bits per heavy atom. The number of amides is 1. The van der Waals surface area contributed by atoms with E-state index in [0.717, 1.165) is 11.3 Å². The van der Waals surface area contributed by atoms with Crippen LogP contribution in [0.2, 0.25) is 0 Å². The average molecular weight is 359 g/mol. The van der Waals surface area contributed by atoms with Gasteiger partial charge in [-0.3, -0.25) is 9.78 Å². The molecule has 6 heteroatoms. The number of rotatable bonds is 5. The van der Waals surface area contributed by atoms with E-state index >= 15 is 0 Å². The number of benzene rings is 2. The Morgan fingerprint density at radius 3 is 2.85 bits per heavy atom. The van der Waals surface area contributed by atoms with Crippen molar-refractivity contribution < 1.29 is 13.9 Å². The van der Waals surface area contributed by atoms with Crippen LogP contribution in [0.25, 0.3) is 22.7 Å². The Morgan fingerprint density at radius 1 is 1.11 bits per heavy atom. The number of nitrogens with one attached hydrogen (secondary N) is 1. The Hall–Kier alpha value is -3.67. The molecule has 0 radical (unpaired) electrons. The fraction of sp³-hybridized carbons (Fsp3) is 0.0952. The number of methoxy groups -OCH3 is 1. The molecule has 134 valence electrons. The van der Waals surface area contributed by atoms with Gasteiger partial charge in [-0.25, -0.2) is 4.98 Å². The molecule has 0 aliphatic heterocycles. The third kappa shape index (κ3) is 3.64. The summed E-state index contributed by atoms with van der Waals surface area (Å²) in [5.41, 5.74) is 3.34. The molecule has 6 nitrogen and oxygen atoms in total. The van der Waals surface area contributed by atoms with Gasteiger partial charge in [0, 0.05) is 18.3 Å². The molecule has 0 aliphatic carbocycles. The molecule has 4 aromatic rings. The summed E-state index contributed by atoms with van der Waals surface area (Å²) in [5.74, 6) is 1.00. The number of carbonyl (C=O) groups excluding carboxylic acids is 1. The summed E-state index contributed by atoms with van der Waals surface area (Å²) in [6, 6.07) is 18.3. The molecule has 2 aromatic carbocycles. The van der Waals surface area contributed by atoms with E-state index in [1.165, 1.54) is 0 Å². The Balaban J connectivity index is 1.52. The summed E-state index contributed by atoms with van der Waals surface area (Å²) in [7, 11) is 1.61. The van der Waals surface area contributed by atoms with E-state index in [2.05, 4.69) is 15.3 Å². The van der Waals surface area contributed by atoms with Gasteiger partial charge in [0.1, 0.15) is 17.0 Å². The fourth-order valence-corrected chi connectivity index (χ4v) is 2.73. The van der Waals surface area contributed by atoms with Gasteiger partial charge in [-0.15, -0.1) is 0 Å². The second kappa shape index (κ2) is 7.29. The van der Waals surface area contributed by atoms with Gasteiger partial charge in [0.2, 0.25) is 5.89 Å². The maximum absolute atomic E-state index is 12.5. The molecule has 1 N–H and O–H groups in total. The summed E-state index contributed by atoms with van der Waals surface area (Å²) in [6.45, 7) is 0.406. The van der Waals surface area contributed by atoms with Crippen molar-refractivity contribution in [3.63, 3.8) is 0 Å². The largest absolute Gasteiger partial charge is 0.497 e. The van der Waals surface area contributed by atoms with Crippen molar-refractivity contribution in [1.82, 2.24) is 15.3 Å². The van der Waals surface area contributed by atoms with E-state index in [9.17, 15) is 4.79 Å². The summed E-state index contributed by atoms with van der Waals surface area (Å²) >= 11 is 0. The number of aromatic nitrogens is 2. The van der Waals surface area contributed by atoms with E-state index in [0.29, 0.717) is 34.8 Å². The SMILES string of the molecule is COc1cccc(CNC(=O)c2ccc3nc(-c4ccccn4)oc3c2)c1. The highest BCUT2D eigenvalue weighted by atomic mass is 16.5. The lowest BCUT2D eigenvalue weighted by molar-refractivity contribution is 0.0951. The predicted octanol–water partition coefficient (Wildman–Crippen LogP) is 3.83. The second-order valence-corrected chi connectivity index (χ2v) is 5.95. The van der Waals surface area contributed by atoms with Crippen LogP contribution >= 0.6 is 0 Å². The maximum atomic E-state index is 12.5. The number of hydrogen-bond donors (Lipinski definition) is 1. The van der Waals surface area contributed by atoms with Crippen LogP contribution in [0.5, 0.6) is 5.75 Å². The molecule has 27 heavy (non-hydrogen) atoms. The zero-order valence-electron chi connectivity index (χ0n) is 14.7. The van der Waals surface area contributed by atoms with Gasteiger partial charge in [-0.1, -0.05) is 18.2 Å². The molecule has 0 saturated carbocycles. The minimum Gasteiger partial charge on any atom is -0.497 e. The van der Waals surface area contributed by atoms with E-state index in [1.807, 2.05) is 42.5 Å². The van der Waals surface area contributed by atoms with Crippen molar-refractivity contribution in [2.45, 2.75) is 6.54 Å². The number of pyridine rings is 1. The number of oxazole rings is 1. The molecule has 0 bridgehead atoms. The molecule has 4 rings (SSSR count). The number of carbonyl (C=O) groups is 1. The first-order chi connectivity index (χ1) is 13.2. The molecule has 0 atom stereocenters. The van der Waals surface area contributed by atoms with Crippen LogP contribution in [-0.2, 0) is 6.54 Å². The molecular weight excluding hydrogens is 342 g/mol. The third-order valence-corrected chi connectivity index (χ3v) is 4.12. The number of fused-ring (bicyclic) bond motifs is 1. The van der Waals surface area contributed by atoms with Crippen LogP contribution in [0.1, 0.15) is 15.9 Å². The Kier molecular flexibility index (Phi) is 4.53. The van der Waals surface area contributed by atoms with Gasteiger partial charge in [-0.2, -0.15) is 0 Å². The van der Waals surface area contributed by atoms with Gasteiger partial charge >= 0.3 is 0 Å². The molecule has 0 unspecified atom stereocenters. The summed E-state index contributed by atoms with van der Waals surface area (Å²) in [5, 5.41) is 2.90. The summed E-state index contributed by atoms with van der Waals surface area (Å²) in [6.07, 6.45) is 1.68. The van der Waals surface area contributed by atoms with E-state index in [-0.39, 0.29) is 5.91 Å². The van der Waals surface area contributed by atoms with Gasteiger partial charge in [0.05, 0.1) is 7.11 Å². The van der Waals surface area contributed by atoms with Crippen LogP contribution in [0, 0.1) is 0 Å². The van der Waals surface area contributed by atoms with Crippen LogP contribution in [0.4, 0.5) is 0 Å². The van der Waals surface area contributed by atoms with Gasteiger partial charge < -0.3 is 14.5 Å². The fourth-order valence-electron chi connectivity index (χ4n) is 2.73. The minimum absolute atomic E-state index is 0.185. The van der Waals surface area contributed by atoms with Gasteiger partial charge in [0.25, 0.3) is 5.91 Å². The smallest absolute Gasteiger partial charge is 0.251 e. The average Bonchev–Trinajstić information content (AvgIpc) is 3.16. The third-order valence-electron chi connectivity index (χ3n) is 4.12. The van der Waals surface area contributed by atoms with E-state index < -0.39 is 0 Å². The normalized spacial score (nSPS) is 10.7. The minimum atomic E-state index is -0.185. The first-order valence-electron chi connectivity index (χ1n) is 8.46. The zero-order valence-corrected chi connectivity index (χ0v) is 14.7. The predicted molar refractivity (Wildman–Crippen MR) is 101 cm³/mol. The topological polar surface area (TPSA) is 77.2 Å². The van der Waals surface area contributed by atoms with Crippen molar-refractivity contribution in [1.29, 1.82) is 0 Å². The summed E-state index contributed by atoms with van der Waals surface area (Å²) in [4.78, 5) is 21.1. The lowest BCUT2D eigenvalue weighted by Gasteiger charge is -2.07. The van der Waals surface area contributed by atoms with Crippen molar-refractivity contribution in [3.8, 4) is 17.3 Å². The molecule has 0 spiro atoms. The molecular formula is C21H17N3O3. The molecule has 0 saturated heterocycles. The first-order valence-corrected chi connectivity index (χ1v) is 8.46. The Labute approximate surface area is 155 Å². The number of hydrogen-bond acceptors (Lipinski definition) is 5. The molecule has 1 amide bonds. The summed E-state index contributed by atoms with van der Waals surface area (Å²) < 4.78 is 11.0. The zero-order chi connectivity index (χ0) is 18.6. The van der Waals surface area contributed by atoms with Crippen LogP contribution in [0.15, 0.2) is 71.3 Å². The van der Waals surface area contributed by atoms with Crippen molar-refractivity contribution in [2.24, 2.45) is 0 Å². The Bertz CT molecular complexity index is 1090. The highest BCUT2D eigenvalue weighted by molar-refractivity contribution is 5.97. The monoisotopic (exact) mass is 359 g/mol. The van der Waals surface area contributed by atoms with Crippen molar-refractivity contribution in [2.75, 3.05) is 7.11 Å². The highest BCUT2D eigenvalue weighted by Gasteiger charge is 2.12. The van der Waals surface area contributed by atoms with Gasteiger partial charge in [0.15, 0.2) is 5.58 Å². The highest BCUT2D eigenvalue weighted by Crippen LogP contribution is 2.23. The second-order valence-electron chi connectivity index (χ2n) is 5.95.